The molecule has 0 aliphatic rings. The number of carbonyl (C=O) groups excluding carboxylic acids is 1. The molecule has 20 heavy (non-hydrogen) atoms. The van der Waals surface area contributed by atoms with E-state index in [4.69, 9.17) is 9.15 Å². The molecule has 0 bridgehead atoms. The van der Waals surface area contributed by atoms with Crippen LogP contribution in [0.15, 0.2) is 22.6 Å². The summed E-state index contributed by atoms with van der Waals surface area (Å²) in [7, 11) is 0. The normalized spacial score (nSPS) is 12.1. The number of nitro benzene ring substituents is 1. The van der Waals surface area contributed by atoms with Crippen molar-refractivity contribution < 1.29 is 18.9 Å². The van der Waals surface area contributed by atoms with Crippen molar-refractivity contribution >= 4 is 28.8 Å². The third-order valence-electron chi connectivity index (χ3n) is 2.56. The summed E-state index contributed by atoms with van der Waals surface area (Å²) in [5.74, 6) is -0.430. The fourth-order valence-corrected chi connectivity index (χ4v) is 1.60. The second-order valence-corrected chi connectivity index (χ2v) is 4.05. The summed E-state index contributed by atoms with van der Waals surface area (Å²) in [6.07, 6.45) is 0. The number of aromatic nitrogens is 1. The molecule has 8 nitrogen and oxygen atoms in total. The zero-order valence-corrected chi connectivity index (χ0v) is 11.0. The molecular weight excluding hydrogens is 266 g/mol. The molecule has 1 N–H and O–H groups in total. The maximum absolute atomic E-state index is 11.5. The molecule has 8 heteroatoms. The Morgan fingerprint density at radius 2 is 2.35 bits per heavy atom. The van der Waals surface area contributed by atoms with Crippen molar-refractivity contribution in [3.63, 3.8) is 0 Å². The number of ether oxygens (including phenoxy) is 1. The highest BCUT2D eigenvalue weighted by atomic mass is 16.6. The van der Waals surface area contributed by atoms with Crippen LogP contribution in [0.25, 0.3) is 11.1 Å². The van der Waals surface area contributed by atoms with Crippen LogP contribution in [0.2, 0.25) is 0 Å². The fourth-order valence-electron chi connectivity index (χ4n) is 1.60. The van der Waals surface area contributed by atoms with E-state index in [9.17, 15) is 14.9 Å². The number of nitrogens with one attached hydrogen (secondary N) is 1. The summed E-state index contributed by atoms with van der Waals surface area (Å²) in [6.45, 7) is 3.60. The van der Waals surface area contributed by atoms with Gasteiger partial charge in [0.25, 0.3) is 11.7 Å². The molecule has 0 aliphatic heterocycles. The van der Waals surface area contributed by atoms with Gasteiger partial charge in [-0.25, -0.2) is 4.79 Å². The Kier molecular flexibility index (Phi) is 3.83. The molecule has 1 atom stereocenters. The summed E-state index contributed by atoms with van der Waals surface area (Å²) in [5.41, 5.74) is 0.669. The number of nitro groups is 1. The van der Waals surface area contributed by atoms with Gasteiger partial charge in [-0.2, -0.15) is 4.98 Å². The number of hydrogen-bond donors (Lipinski definition) is 1. The topological polar surface area (TPSA) is 108 Å². The number of benzene rings is 1. The summed E-state index contributed by atoms with van der Waals surface area (Å²) in [5, 5.41) is 13.4. The minimum Gasteiger partial charge on any atom is -0.464 e. The lowest BCUT2D eigenvalue weighted by Crippen LogP contribution is -2.28. The molecule has 1 aromatic heterocycles. The van der Waals surface area contributed by atoms with Gasteiger partial charge >= 0.3 is 5.97 Å². The minimum absolute atomic E-state index is 0.0733. The van der Waals surface area contributed by atoms with E-state index in [-0.39, 0.29) is 18.3 Å². The number of nitrogens with zero attached hydrogens (tertiary/aromatic N) is 2. The maximum atomic E-state index is 11.5. The lowest BCUT2D eigenvalue weighted by molar-refractivity contribution is -0.384. The van der Waals surface area contributed by atoms with Gasteiger partial charge in [0.1, 0.15) is 11.6 Å². The van der Waals surface area contributed by atoms with Crippen LogP contribution in [0, 0.1) is 10.1 Å². The number of non-ortho nitro benzene ring substituents is 1. The third-order valence-corrected chi connectivity index (χ3v) is 2.56. The molecule has 0 spiro atoms. The van der Waals surface area contributed by atoms with E-state index in [1.165, 1.54) is 18.2 Å². The number of anilines is 1. The van der Waals surface area contributed by atoms with Crippen LogP contribution in [0.5, 0.6) is 0 Å². The summed E-state index contributed by atoms with van der Waals surface area (Å²) in [4.78, 5) is 25.7. The first-order chi connectivity index (χ1) is 9.51. The molecule has 1 heterocycles. The Labute approximate surface area is 113 Å². The van der Waals surface area contributed by atoms with Crippen molar-refractivity contribution in [2.24, 2.45) is 0 Å². The first kappa shape index (κ1) is 13.8. The van der Waals surface area contributed by atoms with Gasteiger partial charge in [-0.1, -0.05) is 0 Å². The van der Waals surface area contributed by atoms with E-state index in [0.717, 1.165) is 0 Å². The lowest BCUT2D eigenvalue weighted by Gasteiger charge is -2.09. The lowest BCUT2D eigenvalue weighted by atomic mass is 10.3. The number of carbonyl (C=O) groups is 1. The second kappa shape index (κ2) is 5.55. The van der Waals surface area contributed by atoms with Gasteiger partial charge in [0.2, 0.25) is 0 Å². The average molecular weight is 279 g/mol. The van der Waals surface area contributed by atoms with E-state index in [0.29, 0.717) is 11.1 Å². The van der Waals surface area contributed by atoms with Crippen LogP contribution in [0.1, 0.15) is 13.8 Å². The van der Waals surface area contributed by atoms with Crippen molar-refractivity contribution in [3.05, 3.63) is 28.3 Å². The van der Waals surface area contributed by atoms with Gasteiger partial charge in [-0.3, -0.25) is 10.1 Å². The zero-order valence-electron chi connectivity index (χ0n) is 11.0. The molecule has 2 rings (SSSR count). The van der Waals surface area contributed by atoms with E-state index in [1.54, 1.807) is 13.8 Å². The Morgan fingerprint density at radius 3 is 3.00 bits per heavy atom. The molecule has 0 radical (unpaired) electrons. The van der Waals surface area contributed by atoms with Crippen molar-refractivity contribution in [2.45, 2.75) is 19.9 Å². The zero-order chi connectivity index (χ0) is 14.7. The monoisotopic (exact) mass is 279 g/mol. The first-order valence-electron chi connectivity index (χ1n) is 5.99. The highest BCUT2D eigenvalue weighted by Crippen LogP contribution is 2.23. The van der Waals surface area contributed by atoms with Gasteiger partial charge in [-0.15, -0.1) is 0 Å². The van der Waals surface area contributed by atoms with Gasteiger partial charge in [0.15, 0.2) is 5.58 Å². The van der Waals surface area contributed by atoms with Gasteiger partial charge in [0, 0.05) is 12.1 Å². The number of fused-ring (bicyclic) bond motifs is 1. The van der Waals surface area contributed by atoms with Crippen LogP contribution < -0.4 is 5.32 Å². The highest BCUT2D eigenvalue weighted by Gasteiger charge is 2.17. The molecule has 106 valence electrons. The summed E-state index contributed by atoms with van der Waals surface area (Å²) >= 11 is 0. The summed E-state index contributed by atoms with van der Waals surface area (Å²) < 4.78 is 10.2. The molecule has 0 amide bonds. The largest absolute Gasteiger partial charge is 0.464 e. The average Bonchev–Trinajstić information content (AvgIpc) is 2.79. The first-order valence-corrected chi connectivity index (χ1v) is 5.99. The predicted octanol–water partition coefficient (Wildman–Crippen LogP) is 2.10. The molecule has 0 saturated heterocycles. The molecule has 1 unspecified atom stereocenters. The molecule has 1 aromatic carbocycles. The van der Waals surface area contributed by atoms with Crippen molar-refractivity contribution in [1.82, 2.24) is 4.98 Å². The molecule has 0 saturated carbocycles. The second-order valence-electron chi connectivity index (χ2n) is 4.05. The Morgan fingerprint density at radius 1 is 1.60 bits per heavy atom. The van der Waals surface area contributed by atoms with Gasteiger partial charge in [-0.05, 0) is 19.9 Å². The maximum Gasteiger partial charge on any atom is 0.328 e. The van der Waals surface area contributed by atoms with Crippen molar-refractivity contribution in [2.75, 3.05) is 11.9 Å². The van der Waals surface area contributed by atoms with E-state index in [2.05, 4.69) is 10.3 Å². The predicted molar refractivity (Wildman–Crippen MR) is 70.4 cm³/mol. The van der Waals surface area contributed by atoms with Crippen molar-refractivity contribution in [1.29, 1.82) is 0 Å². The number of rotatable bonds is 5. The fraction of sp³-hybridized carbons (Fsp3) is 0.333. The third kappa shape index (κ3) is 2.85. The van der Waals surface area contributed by atoms with E-state index >= 15 is 0 Å². The van der Waals surface area contributed by atoms with Crippen LogP contribution in [0.3, 0.4) is 0 Å². The molecule has 2 aromatic rings. The number of oxazole rings is 1. The SMILES string of the molecule is CCOC(=O)C(C)Nc1nc2cc([N+](=O)[O-])ccc2o1. The quantitative estimate of drug-likeness (QED) is 0.507. The van der Waals surface area contributed by atoms with E-state index in [1.807, 2.05) is 0 Å². The highest BCUT2D eigenvalue weighted by molar-refractivity contribution is 5.80. The smallest absolute Gasteiger partial charge is 0.328 e. The summed E-state index contributed by atoms with van der Waals surface area (Å²) in [6, 6.07) is 3.57. The van der Waals surface area contributed by atoms with Crippen LogP contribution in [-0.2, 0) is 9.53 Å². The Bertz CT molecular complexity index is 652. The van der Waals surface area contributed by atoms with Gasteiger partial charge in [0.05, 0.1) is 11.5 Å². The minimum atomic E-state index is -0.627. The van der Waals surface area contributed by atoms with E-state index < -0.39 is 16.9 Å². The van der Waals surface area contributed by atoms with Crippen LogP contribution >= 0.6 is 0 Å². The molecular formula is C12H13N3O5. The number of esters is 1. The Hall–Kier alpha value is -2.64. The van der Waals surface area contributed by atoms with Crippen molar-refractivity contribution in [3.8, 4) is 0 Å². The number of hydrogen-bond acceptors (Lipinski definition) is 7. The molecule has 0 fully saturated rings. The van der Waals surface area contributed by atoms with Crippen LogP contribution in [0.4, 0.5) is 11.7 Å². The Balaban J connectivity index is 2.19. The van der Waals surface area contributed by atoms with Crippen LogP contribution in [-0.4, -0.2) is 28.5 Å². The standard InChI is InChI=1S/C12H13N3O5/c1-3-19-11(16)7(2)13-12-14-9-6-8(15(17)18)4-5-10(9)20-12/h4-7H,3H2,1-2H3,(H,13,14). The van der Waals surface area contributed by atoms with Gasteiger partial charge < -0.3 is 14.5 Å². The molecule has 0 aliphatic carbocycles.